The summed E-state index contributed by atoms with van der Waals surface area (Å²) >= 11 is 7.79. The van der Waals surface area contributed by atoms with Crippen molar-refractivity contribution in [3.63, 3.8) is 0 Å². The van der Waals surface area contributed by atoms with Gasteiger partial charge in [-0.25, -0.2) is 4.99 Å². The van der Waals surface area contributed by atoms with Gasteiger partial charge in [0.05, 0.1) is 16.4 Å². The lowest BCUT2D eigenvalue weighted by atomic mass is 10.2. The van der Waals surface area contributed by atoms with Crippen LogP contribution in [0.25, 0.3) is 0 Å². The molecule has 1 aromatic rings. The fraction of sp³-hybridized carbons (Fsp3) is 0.471. The van der Waals surface area contributed by atoms with Crippen molar-refractivity contribution in [3.8, 4) is 6.19 Å². The number of halogens is 1. The molecule has 1 N–H and O–H groups in total. The van der Waals surface area contributed by atoms with Gasteiger partial charge in [0.1, 0.15) is 0 Å². The zero-order chi connectivity index (χ0) is 18.2. The van der Waals surface area contributed by atoms with E-state index in [0.717, 1.165) is 38.3 Å². The molecule has 25 heavy (non-hydrogen) atoms. The van der Waals surface area contributed by atoms with Crippen molar-refractivity contribution in [2.24, 2.45) is 4.99 Å². The molecule has 1 aromatic carbocycles. The predicted molar refractivity (Wildman–Crippen MR) is 105 cm³/mol. The molecule has 0 atom stereocenters. The van der Waals surface area contributed by atoms with Crippen LogP contribution in [0.15, 0.2) is 23.2 Å². The van der Waals surface area contributed by atoms with E-state index in [9.17, 15) is 4.79 Å². The van der Waals surface area contributed by atoms with E-state index in [1.165, 1.54) is 11.8 Å². The number of aliphatic imine (C=N–C) groups is 1. The molecule has 0 radical (unpaired) electrons. The van der Waals surface area contributed by atoms with Crippen LogP contribution >= 0.6 is 23.4 Å². The van der Waals surface area contributed by atoms with Gasteiger partial charge in [-0.1, -0.05) is 30.3 Å². The number of piperazine rings is 1. The van der Waals surface area contributed by atoms with E-state index in [0.29, 0.717) is 22.3 Å². The lowest BCUT2D eigenvalue weighted by Crippen LogP contribution is -2.48. The second-order valence-electron chi connectivity index (χ2n) is 5.61. The smallest absolute Gasteiger partial charge is 0.222 e. The number of hydrogen-bond acceptors (Lipinski definition) is 5. The SMILES string of the molecule is CCCC(=O)N1CCN(c2ccc(N=C(NC#N)SC)cc2Cl)CC1. The van der Waals surface area contributed by atoms with Crippen molar-refractivity contribution in [1.82, 2.24) is 10.2 Å². The molecular weight excluding hydrogens is 358 g/mol. The Bertz CT molecular complexity index is 680. The third-order valence-corrected chi connectivity index (χ3v) is 4.84. The van der Waals surface area contributed by atoms with E-state index in [1.54, 1.807) is 6.07 Å². The average molecular weight is 380 g/mol. The zero-order valence-corrected chi connectivity index (χ0v) is 16.0. The Morgan fingerprint density at radius 3 is 2.68 bits per heavy atom. The van der Waals surface area contributed by atoms with Crippen LogP contribution in [0, 0.1) is 11.5 Å². The second kappa shape index (κ2) is 9.54. The number of nitrogens with one attached hydrogen (secondary N) is 1. The topological polar surface area (TPSA) is 71.7 Å². The molecule has 1 saturated heterocycles. The van der Waals surface area contributed by atoms with Gasteiger partial charge in [-0.2, -0.15) is 5.26 Å². The Morgan fingerprint density at radius 1 is 1.40 bits per heavy atom. The van der Waals surface area contributed by atoms with Gasteiger partial charge in [-0.15, -0.1) is 0 Å². The second-order valence-corrected chi connectivity index (χ2v) is 6.81. The zero-order valence-electron chi connectivity index (χ0n) is 14.5. The molecule has 0 spiro atoms. The minimum absolute atomic E-state index is 0.229. The number of nitrogens with zero attached hydrogens (tertiary/aromatic N) is 4. The van der Waals surface area contributed by atoms with Crippen LogP contribution in [0.1, 0.15) is 19.8 Å². The molecule has 134 valence electrons. The summed E-state index contributed by atoms with van der Waals surface area (Å²) in [5.74, 6) is 0.229. The molecule has 1 amide bonds. The molecule has 0 aliphatic carbocycles. The quantitative estimate of drug-likeness (QED) is 0.376. The van der Waals surface area contributed by atoms with E-state index in [1.807, 2.05) is 36.4 Å². The summed E-state index contributed by atoms with van der Waals surface area (Å²) in [6.45, 7) is 5.00. The Hall–Kier alpha value is -1.91. The fourth-order valence-electron chi connectivity index (χ4n) is 2.68. The van der Waals surface area contributed by atoms with Crippen LogP contribution in [0.5, 0.6) is 0 Å². The number of thioether (sulfide) groups is 1. The number of benzene rings is 1. The summed E-state index contributed by atoms with van der Waals surface area (Å²) < 4.78 is 0. The molecular formula is C17H22ClN5OS. The van der Waals surface area contributed by atoms with Crippen LogP contribution < -0.4 is 10.2 Å². The van der Waals surface area contributed by atoms with Crippen molar-refractivity contribution < 1.29 is 4.79 Å². The van der Waals surface area contributed by atoms with Gasteiger partial charge >= 0.3 is 0 Å². The molecule has 0 saturated carbocycles. The number of amidine groups is 1. The Kier molecular flexibility index (Phi) is 7.41. The minimum Gasteiger partial charge on any atom is -0.367 e. The predicted octanol–water partition coefficient (Wildman–Crippen LogP) is 3.21. The van der Waals surface area contributed by atoms with Crippen LogP contribution in [0.4, 0.5) is 11.4 Å². The van der Waals surface area contributed by atoms with E-state index < -0.39 is 0 Å². The van der Waals surface area contributed by atoms with E-state index in [4.69, 9.17) is 16.9 Å². The molecule has 6 nitrogen and oxygen atoms in total. The Morgan fingerprint density at radius 2 is 2.12 bits per heavy atom. The van der Waals surface area contributed by atoms with Crippen LogP contribution in [0.2, 0.25) is 5.02 Å². The average Bonchev–Trinajstić information content (AvgIpc) is 2.62. The first kappa shape index (κ1) is 19.4. The van der Waals surface area contributed by atoms with Crippen LogP contribution in [-0.4, -0.2) is 48.4 Å². The monoisotopic (exact) mass is 379 g/mol. The van der Waals surface area contributed by atoms with E-state index in [-0.39, 0.29) is 5.91 Å². The summed E-state index contributed by atoms with van der Waals surface area (Å²) in [7, 11) is 0. The molecule has 1 aliphatic heterocycles. The molecule has 1 aliphatic rings. The van der Waals surface area contributed by atoms with Crippen molar-refractivity contribution in [3.05, 3.63) is 23.2 Å². The van der Waals surface area contributed by atoms with Crippen LogP contribution in [0.3, 0.4) is 0 Å². The largest absolute Gasteiger partial charge is 0.367 e. The summed E-state index contributed by atoms with van der Waals surface area (Å²) in [5, 5.41) is 12.4. The molecule has 2 rings (SSSR count). The highest BCUT2D eigenvalue weighted by Gasteiger charge is 2.21. The van der Waals surface area contributed by atoms with Gasteiger partial charge in [-0.3, -0.25) is 10.1 Å². The van der Waals surface area contributed by atoms with Gasteiger partial charge in [0, 0.05) is 32.6 Å². The summed E-state index contributed by atoms with van der Waals surface area (Å²) in [6.07, 6.45) is 5.20. The van der Waals surface area contributed by atoms with Crippen molar-refractivity contribution in [1.29, 1.82) is 5.26 Å². The van der Waals surface area contributed by atoms with E-state index in [2.05, 4.69) is 15.2 Å². The maximum Gasteiger partial charge on any atom is 0.222 e. The van der Waals surface area contributed by atoms with Crippen molar-refractivity contribution >= 4 is 45.8 Å². The number of rotatable bonds is 4. The fourth-order valence-corrected chi connectivity index (χ4v) is 3.32. The number of amides is 1. The number of anilines is 1. The molecule has 0 unspecified atom stereocenters. The molecule has 1 heterocycles. The van der Waals surface area contributed by atoms with Gasteiger partial charge in [-0.05, 0) is 30.9 Å². The summed E-state index contributed by atoms with van der Waals surface area (Å²) in [5.41, 5.74) is 1.64. The highest BCUT2D eigenvalue weighted by molar-refractivity contribution is 8.13. The van der Waals surface area contributed by atoms with Crippen LogP contribution in [-0.2, 0) is 4.79 Å². The molecule has 0 bridgehead atoms. The maximum atomic E-state index is 12.0. The van der Waals surface area contributed by atoms with Gasteiger partial charge < -0.3 is 9.80 Å². The summed E-state index contributed by atoms with van der Waals surface area (Å²) in [4.78, 5) is 20.4. The lowest BCUT2D eigenvalue weighted by molar-refractivity contribution is -0.131. The highest BCUT2D eigenvalue weighted by atomic mass is 35.5. The minimum atomic E-state index is 0.229. The first-order chi connectivity index (χ1) is 12.1. The normalized spacial score (nSPS) is 15.0. The molecule has 0 aromatic heterocycles. The number of hydrogen-bond donors (Lipinski definition) is 1. The Balaban J connectivity index is 2.05. The van der Waals surface area contributed by atoms with Gasteiger partial charge in [0.25, 0.3) is 0 Å². The molecule has 8 heteroatoms. The molecule has 1 fully saturated rings. The van der Waals surface area contributed by atoms with E-state index >= 15 is 0 Å². The third kappa shape index (κ3) is 5.28. The third-order valence-electron chi connectivity index (χ3n) is 3.96. The van der Waals surface area contributed by atoms with Gasteiger partial charge in [0.2, 0.25) is 5.91 Å². The first-order valence-corrected chi connectivity index (χ1v) is 9.79. The van der Waals surface area contributed by atoms with Crippen molar-refractivity contribution in [2.75, 3.05) is 37.3 Å². The standard InChI is InChI=1S/C17H22ClN5OS/c1-3-4-16(24)23-9-7-22(8-10-23)15-6-5-13(11-14(15)18)21-17(25-2)20-12-19/h5-6,11H,3-4,7-10H2,1-2H3,(H,20,21). The highest BCUT2D eigenvalue weighted by Crippen LogP contribution is 2.31. The lowest BCUT2D eigenvalue weighted by Gasteiger charge is -2.36. The Labute approximate surface area is 157 Å². The number of nitriles is 1. The number of carbonyl (C=O) groups is 1. The maximum absolute atomic E-state index is 12.0. The van der Waals surface area contributed by atoms with Crippen molar-refractivity contribution in [2.45, 2.75) is 19.8 Å². The van der Waals surface area contributed by atoms with Gasteiger partial charge in [0.15, 0.2) is 11.4 Å². The first-order valence-electron chi connectivity index (χ1n) is 8.19. The summed E-state index contributed by atoms with van der Waals surface area (Å²) in [6, 6.07) is 5.61. The number of carbonyl (C=O) groups excluding carboxylic acids is 1.